The Morgan fingerprint density at radius 2 is 1.92 bits per heavy atom. The second kappa shape index (κ2) is 6.40. The van der Waals surface area contributed by atoms with E-state index in [-0.39, 0.29) is 28.5 Å². The number of hydrogen-bond acceptors (Lipinski definition) is 5. The molecule has 1 aliphatic rings. The standard InChI is InChI=1S/C16H17N3O4S/c17-16(18)19-9-11-10-22-14-7-6-13(8-15(14)23-11)24(20,21)12-4-2-1-3-5-12/h1-8,11H,9-10H2,(H4,17,18,19). The van der Waals surface area contributed by atoms with E-state index in [0.29, 0.717) is 18.0 Å². The van der Waals surface area contributed by atoms with E-state index in [2.05, 4.69) is 5.32 Å². The van der Waals surface area contributed by atoms with E-state index in [1.807, 2.05) is 0 Å². The molecular formula is C16H17N3O4S. The number of benzene rings is 2. The van der Waals surface area contributed by atoms with Gasteiger partial charge in [-0.2, -0.15) is 0 Å². The van der Waals surface area contributed by atoms with E-state index in [1.165, 1.54) is 12.1 Å². The van der Waals surface area contributed by atoms with Crippen LogP contribution < -0.4 is 20.5 Å². The highest BCUT2D eigenvalue weighted by atomic mass is 32.2. The molecule has 0 spiro atoms. The molecule has 0 fully saturated rings. The van der Waals surface area contributed by atoms with Gasteiger partial charge in [-0.3, -0.25) is 5.41 Å². The number of hydrogen-bond donors (Lipinski definition) is 3. The van der Waals surface area contributed by atoms with Gasteiger partial charge >= 0.3 is 0 Å². The van der Waals surface area contributed by atoms with Crippen LogP contribution in [-0.2, 0) is 9.84 Å². The summed E-state index contributed by atoms with van der Waals surface area (Å²) in [5, 5.41) is 9.81. The Labute approximate surface area is 139 Å². The average Bonchev–Trinajstić information content (AvgIpc) is 2.60. The van der Waals surface area contributed by atoms with Gasteiger partial charge in [0.05, 0.1) is 16.3 Å². The Hall–Kier alpha value is -2.74. The predicted octanol–water partition coefficient (Wildman–Crippen LogP) is 1.14. The Kier molecular flexibility index (Phi) is 4.30. The first-order valence-corrected chi connectivity index (χ1v) is 8.76. The van der Waals surface area contributed by atoms with Crippen LogP contribution in [0, 0.1) is 5.41 Å². The predicted molar refractivity (Wildman–Crippen MR) is 88.2 cm³/mol. The largest absolute Gasteiger partial charge is 0.486 e. The molecule has 7 nitrogen and oxygen atoms in total. The molecule has 0 amide bonds. The lowest BCUT2D eigenvalue weighted by Gasteiger charge is -2.27. The maximum absolute atomic E-state index is 12.7. The Morgan fingerprint density at radius 1 is 1.17 bits per heavy atom. The van der Waals surface area contributed by atoms with E-state index in [0.717, 1.165) is 0 Å². The van der Waals surface area contributed by atoms with Crippen LogP contribution in [0.3, 0.4) is 0 Å². The number of rotatable bonds is 4. The van der Waals surface area contributed by atoms with Gasteiger partial charge in [-0.15, -0.1) is 0 Å². The molecule has 2 aromatic carbocycles. The van der Waals surface area contributed by atoms with Crippen molar-refractivity contribution in [3.8, 4) is 11.5 Å². The van der Waals surface area contributed by atoms with Crippen molar-refractivity contribution in [2.24, 2.45) is 5.73 Å². The number of ether oxygens (including phenoxy) is 2. The fraction of sp³-hybridized carbons (Fsp3) is 0.188. The van der Waals surface area contributed by atoms with E-state index in [9.17, 15) is 8.42 Å². The van der Waals surface area contributed by atoms with Crippen molar-refractivity contribution in [3.05, 3.63) is 48.5 Å². The van der Waals surface area contributed by atoms with E-state index in [1.54, 1.807) is 36.4 Å². The summed E-state index contributed by atoms with van der Waals surface area (Å²) in [6.45, 7) is 0.586. The van der Waals surface area contributed by atoms with Gasteiger partial charge in [-0.1, -0.05) is 18.2 Å². The first kappa shape index (κ1) is 16.1. The highest BCUT2D eigenvalue weighted by Gasteiger charge is 2.25. The number of sulfone groups is 1. The first-order valence-electron chi connectivity index (χ1n) is 7.28. The Morgan fingerprint density at radius 3 is 2.62 bits per heavy atom. The van der Waals surface area contributed by atoms with Crippen LogP contribution in [0.1, 0.15) is 0 Å². The Balaban J connectivity index is 1.86. The second-order valence-electron chi connectivity index (χ2n) is 5.27. The molecule has 1 atom stereocenters. The summed E-state index contributed by atoms with van der Waals surface area (Å²) in [5.74, 6) is 0.680. The van der Waals surface area contributed by atoms with E-state index >= 15 is 0 Å². The van der Waals surface area contributed by atoms with Gasteiger partial charge in [0.15, 0.2) is 17.5 Å². The molecule has 126 valence electrons. The first-order chi connectivity index (χ1) is 11.5. The maximum atomic E-state index is 12.7. The molecule has 24 heavy (non-hydrogen) atoms. The minimum atomic E-state index is -3.62. The summed E-state index contributed by atoms with van der Waals surface area (Å²) in [7, 11) is -3.62. The summed E-state index contributed by atoms with van der Waals surface area (Å²) in [6, 6.07) is 12.7. The second-order valence-corrected chi connectivity index (χ2v) is 7.22. The van der Waals surface area contributed by atoms with E-state index < -0.39 is 9.84 Å². The van der Waals surface area contributed by atoms with Crippen molar-refractivity contribution >= 4 is 15.8 Å². The van der Waals surface area contributed by atoms with Crippen molar-refractivity contribution in [2.75, 3.05) is 13.2 Å². The minimum Gasteiger partial charge on any atom is -0.486 e. The zero-order chi connectivity index (χ0) is 17.2. The minimum absolute atomic E-state index is 0.135. The lowest BCUT2D eigenvalue weighted by Crippen LogP contribution is -2.42. The molecule has 3 rings (SSSR count). The van der Waals surface area contributed by atoms with Gasteiger partial charge in [0.25, 0.3) is 0 Å². The summed E-state index contributed by atoms with van der Waals surface area (Å²) >= 11 is 0. The van der Waals surface area contributed by atoms with Crippen LogP contribution in [0.4, 0.5) is 0 Å². The molecule has 8 heteroatoms. The topological polar surface area (TPSA) is 115 Å². The van der Waals surface area contributed by atoms with Crippen molar-refractivity contribution < 1.29 is 17.9 Å². The van der Waals surface area contributed by atoms with Crippen LogP contribution in [0.15, 0.2) is 58.3 Å². The van der Waals surface area contributed by atoms with Crippen molar-refractivity contribution in [3.63, 3.8) is 0 Å². The summed E-state index contributed by atoms with van der Waals surface area (Å²) in [6.07, 6.45) is -0.365. The fourth-order valence-electron chi connectivity index (χ4n) is 2.32. The SMILES string of the molecule is N=C(N)NCC1COc2ccc(S(=O)(=O)c3ccccc3)cc2O1. The van der Waals surface area contributed by atoms with Crippen LogP contribution >= 0.6 is 0 Å². The molecule has 2 aromatic rings. The van der Waals surface area contributed by atoms with Crippen LogP contribution in [0.25, 0.3) is 0 Å². The molecule has 0 aliphatic carbocycles. The van der Waals surface area contributed by atoms with Crippen molar-refractivity contribution in [1.29, 1.82) is 5.41 Å². The fourth-order valence-corrected chi connectivity index (χ4v) is 3.62. The Bertz CT molecular complexity index is 853. The third-order valence-electron chi connectivity index (χ3n) is 3.52. The third-order valence-corrected chi connectivity index (χ3v) is 5.28. The highest BCUT2D eigenvalue weighted by molar-refractivity contribution is 7.91. The molecule has 0 saturated heterocycles. The molecule has 0 radical (unpaired) electrons. The molecule has 1 aliphatic heterocycles. The summed E-state index contributed by atoms with van der Waals surface area (Å²) < 4.78 is 36.6. The van der Waals surface area contributed by atoms with Gasteiger partial charge < -0.3 is 20.5 Å². The molecule has 1 unspecified atom stereocenters. The van der Waals surface area contributed by atoms with Crippen LogP contribution in [-0.4, -0.2) is 33.6 Å². The molecule has 4 N–H and O–H groups in total. The van der Waals surface area contributed by atoms with Crippen LogP contribution in [0.2, 0.25) is 0 Å². The number of fused-ring (bicyclic) bond motifs is 1. The van der Waals surface area contributed by atoms with Crippen molar-refractivity contribution in [2.45, 2.75) is 15.9 Å². The molecular weight excluding hydrogens is 330 g/mol. The lowest BCUT2D eigenvalue weighted by atomic mass is 10.2. The quantitative estimate of drug-likeness (QED) is 0.564. The highest BCUT2D eigenvalue weighted by Crippen LogP contribution is 2.35. The van der Waals surface area contributed by atoms with Crippen molar-refractivity contribution in [1.82, 2.24) is 5.32 Å². The molecule has 1 heterocycles. The number of nitrogens with two attached hydrogens (primary N) is 1. The maximum Gasteiger partial charge on any atom is 0.206 e. The molecule has 0 aromatic heterocycles. The third kappa shape index (κ3) is 3.28. The monoisotopic (exact) mass is 347 g/mol. The zero-order valence-electron chi connectivity index (χ0n) is 12.7. The van der Waals surface area contributed by atoms with Gasteiger partial charge in [-0.25, -0.2) is 8.42 Å². The van der Waals surface area contributed by atoms with Gasteiger partial charge in [0, 0.05) is 6.07 Å². The molecule has 0 bridgehead atoms. The smallest absolute Gasteiger partial charge is 0.206 e. The number of guanidine groups is 1. The summed E-state index contributed by atoms with van der Waals surface area (Å²) in [4.78, 5) is 0.354. The number of nitrogens with one attached hydrogen (secondary N) is 2. The molecule has 0 saturated carbocycles. The van der Waals surface area contributed by atoms with E-state index in [4.69, 9.17) is 20.6 Å². The van der Waals surface area contributed by atoms with Gasteiger partial charge in [0.1, 0.15) is 12.7 Å². The van der Waals surface area contributed by atoms with Crippen LogP contribution in [0.5, 0.6) is 11.5 Å². The van der Waals surface area contributed by atoms with Gasteiger partial charge in [0.2, 0.25) is 9.84 Å². The summed E-state index contributed by atoms with van der Waals surface area (Å²) in [5.41, 5.74) is 5.25. The lowest BCUT2D eigenvalue weighted by molar-refractivity contribution is 0.0932. The normalized spacial score (nSPS) is 16.4. The zero-order valence-corrected chi connectivity index (χ0v) is 13.5. The average molecular weight is 347 g/mol. The van der Waals surface area contributed by atoms with Gasteiger partial charge in [-0.05, 0) is 24.3 Å².